The summed E-state index contributed by atoms with van der Waals surface area (Å²) in [6, 6.07) is 8.19. The molecule has 0 bridgehead atoms. The van der Waals surface area contributed by atoms with Gasteiger partial charge in [-0.15, -0.1) is 0 Å². The summed E-state index contributed by atoms with van der Waals surface area (Å²) in [6.45, 7) is 2.16. The molecular formula is C16H18N4O2. The van der Waals surface area contributed by atoms with E-state index in [-0.39, 0.29) is 5.91 Å². The van der Waals surface area contributed by atoms with Crippen molar-refractivity contribution >= 4 is 16.8 Å². The van der Waals surface area contributed by atoms with E-state index in [9.17, 15) is 4.79 Å². The second kappa shape index (κ2) is 6.43. The van der Waals surface area contributed by atoms with Gasteiger partial charge in [0.05, 0.1) is 6.54 Å². The Morgan fingerprint density at radius 3 is 3.00 bits per heavy atom. The fraction of sp³-hybridized carbons (Fsp3) is 0.312. The number of aromatic nitrogens is 3. The highest BCUT2D eigenvalue weighted by Gasteiger charge is 2.08. The smallest absolute Gasteiger partial charge is 0.220 e. The van der Waals surface area contributed by atoms with Crippen LogP contribution in [-0.4, -0.2) is 21.2 Å². The zero-order valence-electron chi connectivity index (χ0n) is 12.4. The number of aryl methyl sites for hydroxylation is 2. The predicted molar refractivity (Wildman–Crippen MR) is 82.1 cm³/mol. The fourth-order valence-corrected chi connectivity index (χ4v) is 2.46. The van der Waals surface area contributed by atoms with E-state index in [0.29, 0.717) is 24.4 Å². The van der Waals surface area contributed by atoms with Gasteiger partial charge in [-0.3, -0.25) is 4.79 Å². The number of rotatable bonds is 6. The standard InChI is InChI=1S/C16H18N4O2/c1-11-15(20-22-19-11)10-18-16(21)8-4-5-12-9-17-14-7-3-2-6-13(12)14/h2-3,6-7,9,17H,4-5,8,10H2,1H3,(H,18,21). The van der Waals surface area contributed by atoms with Crippen LogP contribution < -0.4 is 5.32 Å². The molecule has 0 aliphatic carbocycles. The number of aromatic amines is 1. The van der Waals surface area contributed by atoms with Gasteiger partial charge in [-0.05, 0) is 31.4 Å². The Hall–Kier alpha value is -2.63. The average Bonchev–Trinajstić information content (AvgIpc) is 3.12. The molecule has 1 amide bonds. The number of benzene rings is 1. The van der Waals surface area contributed by atoms with E-state index < -0.39 is 0 Å². The molecule has 0 unspecified atom stereocenters. The molecule has 0 fully saturated rings. The first-order valence-electron chi connectivity index (χ1n) is 7.34. The molecule has 0 saturated carbocycles. The highest BCUT2D eigenvalue weighted by Crippen LogP contribution is 2.19. The van der Waals surface area contributed by atoms with Crippen LogP contribution in [0, 0.1) is 6.92 Å². The number of hydrogen-bond donors (Lipinski definition) is 2. The molecule has 0 aliphatic rings. The fourth-order valence-electron chi connectivity index (χ4n) is 2.46. The highest BCUT2D eigenvalue weighted by molar-refractivity contribution is 5.83. The Kier molecular flexibility index (Phi) is 4.18. The lowest BCUT2D eigenvalue weighted by Crippen LogP contribution is -2.23. The normalized spacial score (nSPS) is 11.0. The van der Waals surface area contributed by atoms with Gasteiger partial charge >= 0.3 is 0 Å². The average molecular weight is 298 g/mol. The first-order chi connectivity index (χ1) is 10.7. The molecule has 2 heterocycles. The summed E-state index contributed by atoms with van der Waals surface area (Å²) in [7, 11) is 0. The van der Waals surface area contributed by atoms with Crippen LogP contribution in [0.15, 0.2) is 35.1 Å². The number of nitrogens with zero attached hydrogens (tertiary/aromatic N) is 2. The third-order valence-corrected chi connectivity index (χ3v) is 3.72. The van der Waals surface area contributed by atoms with Gasteiger partial charge < -0.3 is 10.3 Å². The Balaban J connectivity index is 1.46. The Labute approximate surface area is 127 Å². The Morgan fingerprint density at radius 2 is 2.18 bits per heavy atom. The van der Waals surface area contributed by atoms with E-state index in [1.807, 2.05) is 18.3 Å². The van der Waals surface area contributed by atoms with Crippen molar-refractivity contribution in [1.29, 1.82) is 0 Å². The third kappa shape index (κ3) is 3.16. The molecule has 2 N–H and O–H groups in total. The van der Waals surface area contributed by atoms with Gasteiger partial charge in [0, 0.05) is 23.5 Å². The summed E-state index contributed by atoms with van der Waals surface area (Å²) in [5.74, 6) is 0.0160. The number of H-pyrrole nitrogens is 1. The number of carbonyl (C=O) groups excluding carboxylic acids is 1. The minimum absolute atomic E-state index is 0.0160. The van der Waals surface area contributed by atoms with Gasteiger partial charge in [-0.1, -0.05) is 28.5 Å². The van der Waals surface area contributed by atoms with Gasteiger partial charge in [-0.25, -0.2) is 4.63 Å². The van der Waals surface area contributed by atoms with Crippen LogP contribution in [0.3, 0.4) is 0 Å². The molecule has 6 nitrogen and oxygen atoms in total. The molecule has 3 aromatic rings. The first-order valence-corrected chi connectivity index (χ1v) is 7.34. The van der Waals surface area contributed by atoms with Crippen molar-refractivity contribution in [2.75, 3.05) is 0 Å². The molecule has 0 saturated heterocycles. The van der Waals surface area contributed by atoms with Crippen molar-refractivity contribution < 1.29 is 9.42 Å². The minimum atomic E-state index is 0.0160. The summed E-state index contributed by atoms with van der Waals surface area (Å²) < 4.78 is 4.59. The lowest BCUT2D eigenvalue weighted by molar-refractivity contribution is -0.121. The number of para-hydroxylation sites is 1. The summed E-state index contributed by atoms with van der Waals surface area (Å²) in [6.07, 6.45) is 4.20. The summed E-state index contributed by atoms with van der Waals surface area (Å²) in [5.41, 5.74) is 3.76. The lowest BCUT2D eigenvalue weighted by Gasteiger charge is -2.03. The van der Waals surface area contributed by atoms with Gasteiger partial charge in [0.2, 0.25) is 5.91 Å². The van der Waals surface area contributed by atoms with Crippen molar-refractivity contribution in [2.45, 2.75) is 32.7 Å². The zero-order chi connectivity index (χ0) is 15.4. The summed E-state index contributed by atoms with van der Waals surface area (Å²) in [5, 5.41) is 11.5. The van der Waals surface area contributed by atoms with Crippen LogP contribution in [0.1, 0.15) is 29.8 Å². The molecule has 22 heavy (non-hydrogen) atoms. The molecule has 0 atom stereocenters. The van der Waals surface area contributed by atoms with Crippen molar-refractivity contribution in [3.63, 3.8) is 0 Å². The summed E-state index contributed by atoms with van der Waals surface area (Å²) in [4.78, 5) is 15.1. The number of nitrogens with one attached hydrogen (secondary N) is 2. The van der Waals surface area contributed by atoms with Gasteiger partial charge in [0.15, 0.2) is 0 Å². The molecule has 1 aromatic carbocycles. The van der Waals surface area contributed by atoms with E-state index >= 15 is 0 Å². The van der Waals surface area contributed by atoms with Crippen LogP contribution in [0.5, 0.6) is 0 Å². The number of fused-ring (bicyclic) bond motifs is 1. The van der Waals surface area contributed by atoms with Crippen LogP contribution >= 0.6 is 0 Å². The third-order valence-electron chi connectivity index (χ3n) is 3.72. The monoisotopic (exact) mass is 298 g/mol. The molecule has 6 heteroatoms. The van der Waals surface area contributed by atoms with Gasteiger partial charge in [0.1, 0.15) is 11.4 Å². The predicted octanol–water partition coefficient (Wildman–Crippen LogP) is 2.50. The molecule has 114 valence electrons. The van der Waals surface area contributed by atoms with E-state index in [4.69, 9.17) is 0 Å². The summed E-state index contributed by atoms with van der Waals surface area (Å²) >= 11 is 0. The lowest BCUT2D eigenvalue weighted by atomic mass is 10.1. The number of hydrogen-bond acceptors (Lipinski definition) is 4. The SMILES string of the molecule is Cc1nonc1CNC(=O)CCCc1c[nH]c2ccccc12. The second-order valence-corrected chi connectivity index (χ2v) is 5.29. The van der Waals surface area contributed by atoms with E-state index in [2.05, 4.69) is 37.4 Å². The van der Waals surface area contributed by atoms with Crippen molar-refractivity contribution in [3.8, 4) is 0 Å². The van der Waals surface area contributed by atoms with Gasteiger partial charge in [0.25, 0.3) is 0 Å². The Morgan fingerprint density at radius 1 is 1.32 bits per heavy atom. The molecule has 0 radical (unpaired) electrons. The molecule has 0 spiro atoms. The van der Waals surface area contributed by atoms with Crippen molar-refractivity contribution in [3.05, 3.63) is 47.4 Å². The molecule has 2 aromatic heterocycles. The van der Waals surface area contributed by atoms with E-state index in [1.165, 1.54) is 10.9 Å². The zero-order valence-corrected chi connectivity index (χ0v) is 12.4. The maximum Gasteiger partial charge on any atom is 0.220 e. The van der Waals surface area contributed by atoms with Gasteiger partial charge in [-0.2, -0.15) is 0 Å². The largest absolute Gasteiger partial charge is 0.361 e. The van der Waals surface area contributed by atoms with Crippen LogP contribution in [0.4, 0.5) is 0 Å². The van der Waals surface area contributed by atoms with Crippen LogP contribution in [-0.2, 0) is 17.8 Å². The second-order valence-electron chi connectivity index (χ2n) is 5.29. The maximum absolute atomic E-state index is 11.8. The van der Waals surface area contributed by atoms with E-state index in [1.54, 1.807) is 6.92 Å². The number of carbonyl (C=O) groups is 1. The minimum Gasteiger partial charge on any atom is -0.361 e. The van der Waals surface area contributed by atoms with Crippen LogP contribution in [0.2, 0.25) is 0 Å². The first kappa shape index (κ1) is 14.3. The molecule has 0 aliphatic heterocycles. The maximum atomic E-state index is 11.8. The highest BCUT2D eigenvalue weighted by atomic mass is 16.6. The molecule has 3 rings (SSSR count). The van der Waals surface area contributed by atoms with Crippen molar-refractivity contribution in [1.82, 2.24) is 20.6 Å². The number of amides is 1. The van der Waals surface area contributed by atoms with Crippen molar-refractivity contribution in [2.24, 2.45) is 0 Å². The van der Waals surface area contributed by atoms with Crippen LogP contribution in [0.25, 0.3) is 10.9 Å². The quantitative estimate of drug-likeness (QED) is 0.732. The topological polar surface area (TPSA) is 83.8 Å². The van der Waals surface area contributed by atoms with E-state index in [0.717, 1.165) is 18.4 Å². The Bertz CT molecular complexity index is 775. The molecular weight excluding hydrogens is 280 g/mol.